The Labute approximate surface area is 114 Å². The zero-order chi connectivity index (χ0) is 13.8. The molecule has 0 saturated heterocycles. The van der Waals surface area contributed by atoms with Gasteiger partial charge in [0.1, 0.15) is 5.75 Å². The van der Waals surface area contributed by atoms with Crippen LogP contribution in [-0.4, -0.2) is 10.0 Å². The summed E-state index contributed by atoms with van der Waals surface area (Å²) in [5, 5.41) is 20.1. The lowest BCUT2D eigenvalue weighted by Gasteiger charge is -2.04. The molecule has 0 fully saturated rings. The van der Waals surface area contributed by atoms with Crippen LogP contribution >= 0.6 is 11.8 Å². The molecule has 2 aromatic carbocycles. The number of aromatic hydroxyl groups is 1. The first-order valence-electron chi connectivity index (χ1n) is 5.48. The van der Waals surface area contributed by atoms with Gasteiger partial charge in [0.2, 0.25) is 0 Å². The molecular weight excluding hydrogens is 262 g/mol. The second kappa shape index (κ2) is 5.58. The van der Waals surface area contributed by atoms with Crippen molar-refractivity contribution in [2.24, 2.45) is 0 Å². The molecule has 0 unspecified atom stereocenters. The summed E-state index contributed by atoms with van der Waals surface area (Å²) in [5.74, 6) is 0.183. The Kier molecular flexibility index (Phi) is 3.87. The number of rotatable bonds is 4. The third-order valence-corrected chi connectivity index (χ3v) is 3.50. The van der Waals surface area contributed by atoms with Gasteiger partial charge in [0.25, 0.3) is 5.69 Å². The molecule has 0 radical (unpaired) electrons. The van der Waals surface area contributed by atoms with Gasteiger partial charge < -0.3 is 5.11 Å². The van der Waals surface area contributed by atoms with E-state index in [9.17, 15) is 15.2 Å². The number of benzene rings is 2. The van der Waals surface area contributed by atoms with Crippen molar-refractivity contribution in [3.05, 3.63) is 64.7 Å². The zero-order valence-corrected chi connectivity index (χ0v) is 10.8. The summed E-state index contributed by atoms with van der Waals surface area (Å²) in [6.45, 7) is 3.63. The van der Waals surface area contributed by atoms with Crippen LogP contribution in [-0.2, 0) is 0 Å². The molecule has 0 aliphatic rings. The van der Waals surface area contributed by atoms with Gasteiger partial charge in [-0.25, -0.2) is 0 Å². The number of hydrogen-bond acceptors (Lipinski definition) is 4. The fraction of sp³-hybridized carbons (Fsp3) is 0. The van der Waals surface area contributed by atoms with Gasteiger partial charge in [-0.05, 0) is 30.3 Å². The van der Waals surface area contributed by atoms with E-state index < -0.39 is 4.92 Å². The monoisotopic (exact) mass is 273 g/mol. The Morgan fingerprint density at radius 1 is 1.16 bits per heavy atom. The Morgan fingerprint density at radius 3 is 2.37 bits per heavy atom. The number of nitrogens with zero attached hydrogens (tertiary/aromatic N) is 1. The van der Waals surface area contributed by atoms with Crippen molar-refractivity contribution >= 4 is 23.5 Å². The summed E-state index contributed by atoms with van der Waals surface area (Å²) in [6.07, 6.45) is 1.58. The van der Waals surface area contributed by atoms with Crippen LogP contribution in [0.5, 0.6) is 5.75 Å². The predicted molar refractivity (Wildman–Crippen MR) is 75.4 cm³/mol. The molecule has 19 heavy (non-hydrogen) atoms. The lowest BCUT2D eigenvalue weighted by Crippen LogP contribution is -1.86. The maximum atomic E-state index is 10.6. The molecule has 0 amide bonds. The Balaban J connectivity index is 2.21. The average Bonchev–Trinajstić information content (AvgIpc) is 2.41. The molecule has 1 N–H and O–H groups in total. The molecule has 0 heterocycles. The van der Waals surface area contributed by atoms with E-state index in [-0.39, 0.29) is 11.4 Å². The Bertz CT molecular complexity index is 623. The Hall–Kier alpha value is -2.27. The quantitative estimate of drug-likeness (QED) is 0.673. The standard InChI is InChI=1S/C14H11NO3S/c1-2-10-9-13(7-8-14(10)16)19-12-5-3-11(4-6-12)15(17)18/h2-9,16H,1H2. The summed E-state index contributed by atoms with van der Waals surface area (Å²) in [5.41, 5.74) is 0.730. The van der Waals surface area contributed by atoms with Crippen LogP contribution in [0.2, 0.25) is 0 Å². The van der Waals surface area contributed by atoms with E-state index in [2.05, 4.69) is 6.58 Å². The first-order valence-corrected chi connectivity index (χ1v) is 6.29. The summed E-state index contributed by atoms with van der Waals surface area (Å²) in [4.78, 5) is 12.0. The van der Waals surface area contributed by atoms with Crippen LogP contribution in [0.15, 0.2) is 58.8 Å². The van der Waals surface area contributed by atoms with Gasteiger partial charge in [-0.2, -0.15) is 0 Å². The minimum atomic E-state index is -0.426. The minimum Gasteiger partial charge on any atom is -0.507 e. The molecule has 0 saturated carbocycles. The van der Waals surface area contributed by atoms with Crippen molar-refractivity contribution in [1.29, 1.82) is 0 Å². The molecule has 0 spiro atoms. The molecule has 2 rings (SSSR count). The topological polar surface area (TPSA) is 63.4 Å². The SMILES string of the molecule is C=Cc1cc(Sc2ccc([N+](=O)[O-])cc2)ccc1O. The number of nitro benzene ring substituents is 1. The van der Waals surface area contributed by atoms with Gasteiger partial charge in [0.05, 0.1) is 4.92 Å². The van der Waals surface area contributed by atoms with E-state index in [1.165, 1.54) is 23.9 Å². The molecule has 4 nitrogen and oxygen atoms in total. The lowest BCUT2D eigenvalue weighted by molar-refractivity contribution is -0.384. The second-order valence-electron chi connectivity index (χ2n) is 3.78. The fourth-order valence-electron chi connectivity index (χ4n) is 1.53. The zero-order valence-electron chi connectivity index (χ0n) is 9.95. The maximum Gasteiger partial charge on any atom is 0.269 e. The van der Waals surface area contributed by atoms with Crippen LogP contribution in [0.25, 0.3) is 6.08 Å². The number of nitro groups is 1. The van der Waals surface area contributed by atoms with E-state index in [0.29, 0.717) is 5.56 Å². The molecule has 0 bridgehead atoms. The third kappa shape index (κ3) is 3.14. The highest BCUT2D eigenvalue weighted by Gasteiger charge is 2.06. The van der Waals surface area contributed by atoms with Crippen LogP contribution in [0, 0.1) is 10.1 Å². The summed E-state index contributed by atoms with van der Waals surface area (Å²) in [6, 6.07) is 11.5. The molecule has 0 atom stereocenters. The number of phenolic OH excluding ortho intramolecular Hbond substituents is 1. The summed E-state index contributed by atoms with van der Waals surface area (Å²) >= 11 is 1.46. The largest absolute Gasteiger partial charge is 0.507 e. The molecule has 96 valence electrons. The molecular formula is C14H11NO3S. The van der Waals surface area contributed by atoms with Crippen LogP contribution in [0.1, 0.15) is 5.56 Å². The number of phenols is 1. The van der Waals surface area contributed by atoms with Gasteiger partial charge >= 0.3 is 0 Å². The van der Waals surface area contributed by atoms with Gasteiger partial charge in [-0.15, -0.1) is 0 Å². The highest BCUT2D eigenvalue weighted by atomic mass is 32.2. The van der Waals surface area contributed by atoms with E-state index >= 15 is 0 Å². The third-order valence-electron chi connectivity index (χ3n) is 2.50. The summed E-state index contributed by atoms with van der Waals surface area (Å²) < 4.78 is 0. The second-order valence-corrected chi connectivity index (χ2v) is 4.92. The smallest absolute Gasteiger partial charge is 0.269 e. The molecule has 0 aliphatic carbocycles. The normalized spacial score (nSPS) is 10.1. The summed E-state index contributed by atoms with van der Waals surface area (Å²) in [7, 11) is 0. The number of non-ortho nitro benzene ring substituents is 1. The average molecular weight is 273 g/mol. The van der Waals surface area contributed by atoms with Crippen LogP contribution < -0.4 is 0 Å². The van der Waals surface area contributed by atoms with Gasteiger partial charge in [0, 0.05) is 27.5 Å². The van der Waals surface area contributed by atoms with E-state index in [4.69, 9.17) is 0 Å². The highest BCUT2D eigenvalue weighted by Crippen LogP contribution is 2.32. The molecule has 2 aromatic rings. The van der Waals surface area contributed by atoms with Crippen LogP contribution in [0.4, 0.5) is 5.69 Å². The van der Waals surface area contributed by atoms with E-state index in [1.54, 1.807) is 30.3 Å². The molecule has 0 aliphatic heterocycles. The van der Waals surface area contributed by atoms with Crippen molar-refractivity contribution in [2.75, 3.05) is 0 Å². The predicted octanol–water partition coefficient (Wildman–Crippen LogP) is 4.09. The van der Waals surface area contributed by atoms with Gasteiger partial charge in [0.15, 0.2) is 0 Å². The minimum absolute atomic E-state index is 0.0711. The van der Waals surface area contributed by atoms with E-state index in [1.807, 2.05) is 6.07 Å². The molecule has 5 heteroatoms. The van der Waals surface area contributed by atoms with Crippen molar-refractivity contribution in [3.63, 3.8) is 0 Å². The Morgan fingerprint density at radius 2 is 1.79 bits per heavy atom. The fourth-order valence-corrected chi connectivity index (χ4v) is 2.40. The van der Waals surface area contributed by atoms with Gasteiger partial charge in [-0.1, -0.05) is 24.4 Å². The van der Waals surface area contributed by atoms with E-state index in [0.717, 1.165) is 9.79 Å². The van der Waals surface area contributed by atoms with Crippen molar-refractivity contribution in [3.8, 4) is 5.75 Å². The number of hydrogen-bond donors (Lipinski definition) is 1. The van der Waals surface area contributed by atoms with Crippen LogP contribution in [0.3, 0.4) is 0 Å². The van der Waals surface area contributed by atoms with Crippen molar-refractivity contribution in [1.82, 2.24) is 0 Å². The molecule has 0 aromatic heterocycles. The maximum absolute atomic E-state index is 10.6. The van der Waals surface area contributed by atoms with Crippen molar-refractivity contribution in [2.45, 2.75) is 9.79 Å². The van der Waals surface area contributed by atoms with Gasteiger partial charge in [-0.3, -0.25) is 10.1 Å². The van der Waals surface area contributed by atoms with Crippen molar-refractivity contribution < 1.29 is 10.0 Å². The first-order chi connectivity index (χ1) is 9.10. The first kappa shape index (κ1) is 13.2. The lowest BCUT2D eigenvalue weighted by atomic mass is 10.2. The highest BCUT2D eigenvalue weighted by molar-refractivity contribution is 7.99.